The van der Waals surface area contributed by atoms with E-state index in [0.717, 1.165) is 0 Å². The molecular formula is C8H14O3. The Kier molecular flexibility index (Phi) is 3.65. The molecule has 1 N–H and O–H groups in total. The third kappa shape index (κ3) is 3.65. The summed E-state index contributed by atoms with van der Waals surface area (Å²) >= 11 is 0. The second kappa shape index (κ2) is 4.01. The molecule has 0 bridgehead atoms. The minimum Gasteiger partial charge on any atom is -0.512 e. The monoisotopic (exact) mass is 158 g/mol. The molecule has 0 aliphatic rings. The first-order valence-electron chi connectivity index (χ1n) is 3.52. The van der Waals surface area contributed by atoms with Crippen LogP contribution in [0.25, 0.3) is 0 Å². The van der Waals surface area contributed by atoms with Gasteiger partial charge in [0.2, 0.25) is 0 Å². The molecule has 3 nitrogen and oxygen atoms in total. The van der Waals surface area contributed by atoms with Gasteiger partial charge in [0.15, 0.2) is 0 Å². The van der Waals surface area contributed by atoms with E-state index >= 15 is 0 Å². The van der Waals surface area contributed by atoms with Crippen LogP contribution in [0.3, 0.4) is 0 Å². The molecule has 0 aromatic heterocycles. The summed E-state index contributed by atoms with van der Waals surface area (Å²) < 4.78 is 4.82. The zero-order valence-electron chi connectivity index (χ0n) is 7.34. The number of aliphatic hydroxyl groups is 1. The summed E-state index contributed by atoms with van der Waals surface area (Å²) in [6, 6.07) is 0. The minimum absolute atomic E-state index is 0.00986. The van der Waals surface area contributed by atoms with Gasteiger partial charge in [-0.05, 0) is 27.7 Å². The normalized spacial score (nSPS) is 12.8. The molecule has 0 rings (SSSR count). The van der Waals surface area contributed by atoms with Crippen molar-refractivity contribution in [2.75, 3.05) is 0 Å². The van der Waals surface area contributed by atoms with Gasteiger partial charge in [-0.3, -0.25) is 0 Å². The zero-order chi connectivity index (χ0) is 9.02. The van der Waals surface area contributed by atoms with Gasteiger partial charge in [0.25, 0.3) is 0 Å². The minimum atomic E-state index is -0.458. The molecule has 0 aromatic rings. The van der Waals surface area contributed by atoms with Gasteiger partial charge in [-0.15, -0.1) is 0 Å². The van der Waals surface area contributed by atoms with E-state index in [9.17, 15) is 4.79 Å². The lowest BCUT2D eigenvalue weighted by Crippen LogP contribution is -2.13. The maximum atomic E-state index is 11.0. The average molecular weight is 158 g/mol. The Hall–Kier alpha value is -0.990. The molecule has 0 saturated heterocycles. The fraction of sp³-hybridized carbons (Fsp3) is 0.625. The fourth-order valence-corrected chi connectivity index (χ4v) is 0.450. The molecule has 0 aromatic carbocycles. The highest BCUT2D eigenvalue weighted by molar-refractivity contribution is 5.88. The number of hydrogen-bond donors (Lipinski definition) is 1. The van der Waals surface area contributed by atoms with Crippen LogP contribution in [-0.4, -0.2) is 17.2 Å². The van der Waals surface area contributed by atoms with Crippen molar-refractivity contribution in [1.82, 2.24) is 0 Å². The lowest BCUT2D eigenvalue weighted by Gasteiger charge is -2.07. The number of rotatable bonds is 2. The van der Waals surface area contributed by atoms with Crippen molar-refractivity contribution in [3.63, 3.8) is 0 Å². The number of ether oxygens (including phenoxy) is 1. The quantitative estimate of drug-likeness (QED) is 0.378. The third-order valence-electron chi connectivity index (χ3n) is 1.19. The van der Waals surface area contributed by atoms with Crippen LogP contribution in [0.2, 0.25) is 0 Å². The number of carbonyl (C=O) groups excluding carboxylic acids is 1. The highest BCUT2D eigenvalue weighted by Gasteiger charge is 2.09. The molecule has 0 aliphatic carbocycles. The molecule has 0 amide bonds. The summed E-state index contributed by atoms with van der Waals surface area (Å²) in [5.74, 6) is -0.448. The van der Waals surface area contributed by atoms with Crippen molar-refractivity contribution in [3.05, 3.63) is 11.3 Å². The van der Waals surface area contributed by atoms with E-state index in [1.807, 2.05) is 0 Å². The maximum Gasteiger partial charge on any atom is 0.337 e. The van der Waals surface area contributed by atoms with E-state index in [2.05, 4.69) is 0 Å². The van der Waals surface area contributed by atoms with Crippen LogP contribution < -0.4 is 0 Å². The number of esters is 1. The van der Waals surface area contributed by atoms with Gasteiger partial charge >= 0.3 is 5.97 Å². The molecular weight excluding hydrogens is 144 g/mol. The van der Waals surface area contributed by atoms with Crippen molar-refractivity contribution in [3.8, 4) is 0 Å². The van der Waals surface area contributed by atoms with E-state index in [-0.39, 0.29) is 17.4 Å². The number of carbonyl (C=O) groups is 1. The summed E-state index contributed by atoms with van der Waals surface area (Å²) in [4.78, 5) is 11.0. The van der Waals surface area contributed by atoms with E-state index < -0.39 is 5.97 Å². The molecule has 0 atom stereocenters. The SMILES string of the molecule is C/C(O)=C(/C)C(=O)OC(C)C. The predicted molar refractivity (Wildman–Crippen MR) is 42.2 cm³/mol. The fourth-order valence-electron chi connectivity index (χ4n) is 0.450. The Balaban J connectivity index is 4.17. The lowest BCUT2D eigenvalue weighted by atomic mass is 10.3. The summed E-state index contributed by atoms with van der Waals surface area (Å²) in [6.45, 7) is 6.51. The van der Waals surface area contributed by atoms with Crippen LogP contribution in [-0.2, 0) is 9.53 Å². The molecule has 0 radical (unpaired) electrons. The van der Waals surface area contributed by atoms with Crippen LogP contribution in [0.5, 0.6) is 0 Å². The lowest BCUT2D eigenvalue weighted by molar-refractivity contribution is -0.142. The van der Waals surface area contributed by atoms with E-state index in [0.29, 0.717) is 0 Å². The van der Waals surface area contributed by atoms with Crippen LogP contribution in [0.15, 0.2) is 11.3 Å². The maximum absolute atomic E-state index is 11.0. The summed E-state index contributed by atoms with van der Waals surface area (Å²) in [7, 11) is 0. The Labute approximate surface area is 66.7 Å². The first-order chi connectivity index (χ1) is 4.95. The second-order valence-electron chi connectivity index (χ2n) is 2.66. The Morgan fingerprint density at radius 3 is 2.09 bits per heavy atom. The van der Waals surface area contributed by atoms with Crippen molar-refractivity contribution in [2.45, 2.75) is 33.8 Å². The third-order valence-corrected chi connectivity index (χ3v) is 1.19. The molecule has 11 heavy (non-hydrogen) atoms. The Morgan fingerprint density at radius 2 is 1.82 bits per heavy atom. The zero-order valence-corrected chi connectivity index (χ0v) is 7.34. The molecule has 0 fully saturated rings. The summed E-state index contributed by atoms with van der Waals surface area (Å²) in [6.07, 6.45) is -0.142. The van der Waals surface area contributed by atoms with Crippen LogP contribution >= 0.6 is 0 Å². The van der Waals surface area contributed by atoms with E-state index in [4.69, 9.17) is 9.84 Å². The molecule has 0 aliphatic heterocycles. The van der Waals surface area contributed by atoms with Crippen LogP contribution in [0.1, 0.15) is 27.7 Å². The molecule has 3 heteroatoms. The van der Waals surface area contributed by atoms with Crippen LogP contribution in [0.4, 0.5) is 0 Å². The van der Waals surface area contributed by atoms with Gasteiger partial charge < -0.3 is 9.84 Å². The Morgan fingerprint density at radius 1 is 1.36 bits per heavy atom. The molecule has 0 unspecified atom stereocenters. The molecule has 0 spiro atoms. The predicted octanol–water partition coefficient (Wildman–Crippen LogP) is 1.79. The van der Waals surface area contributed by atoms with Crippen molar-refractivity contribution in [2.24, 2.45) is 0 Å². The van der Waals surface area contributed by atoms with E-state index in [1.165, 1.54) is 13.8 Å². The van der Waals surface area contributed by atoms with Crippen molar-refractivity contribution < 1.29 is 14.6 Å². The van der Waals surface area contributed by atoms with Crippen molar-refractivity contribution in [1.29, 1.82) is 0 Å². The van der Waals surface area contributed by atoms with Gasteiger partial charge in [0.05, 0.1) is 17.4 Å². The summed E-state index contributed by atoms with van der Waals surface area (Å²) in [5, 5.41) is 8.88. The van der Waals surface area contributed by atoms with Crippen LogP contribution in [0, 0.1) is 0 Å². The number of aliphatic hydroxyl groups excluding tert-OH is 1. The average Bonchev–Trinajstić information content (AvgIpc) is 1.84. The summed E-state index contributed by atoms with van der Waals surface area (Å²) in [5.41, 5.74) is 0.263. The van der Waals surface area contributed by atoms with Gasteiger partial charge in [-0.2, -0.15) is 0 Å². The first-order valence-corrected chi connectivity index (χ1v) is 3.52. The van der Waals surface area contributed by atoms with Gasteiger partial charge in [0, 0.05) is 0 Å². The smallest absolute Gasteiger partial charge is 0.337 e. The van der Waals surface area contributed by atoms with Gasteiger partial charge in [0.1, 0.15) is 0 Å². The number of hydrogen-bond acceptors (Lipinski definition) is 3. The standard InChI is InChI=1S/C8H14O3/c1-5(2)11-8(10)6(3)7(4)9/h5,9H,1-4H3/b7-6+. The topological polar surface area (TPSA) is 46.5 Å². The van der Waals surface area contributed by atoms with Gasteiger partial charge in [-0.25, -0.2) is 4.79 Å². The highest BCUT2D eigenvalue weighted by atomic mass is 16.5. The van der Waals surface area contributed by atoms with E-state index in [1.54, 1.807) is 13.8 Å². The molecule has 0 saturated carbocycles. The highest BCUT2D eigenvalue weighted by Crippen LogP contribution is 2.03. The number of allylic oxidation sites excluding steroid dienone is 1. The Bertz CT molecular complexity index is 176. The first kappa shape index (κ1) is 10.0. The van der Waals surface area contributed by atoms with Gasteiger partial charge in [-0.1, -0.05) is 0 Å². The second-order valence-corrected chi connectivity index (χ2v) is 2.66. The molecule has 64 valence electrons. The largest absolute Gasteiger partial charge is 0.512 e. The van der Waals surface area contributed by atoms with Crippen molar-refractivity contribution >= 4 is 5.97 Å². The molecule has 0 heterocycles.